The van der Waals surface area contributed by atoms with Gasteiger partial charge in [-0.15, -0.1) is 0 Å². The number of aromatic carboxylic acids is 1. The molecule has 0 aromatic heterocycles. The van der Waals surface area contributed by atoms with E-state index in [4.69, 9.17) is 5.73 Å². The van der Waals surface area contributed by atoms with E-state index in [0.717, 1.165) is 22.3 Å². The molecular weight excluding hydrogens is 334 g/mol. The van der Waals surface area contributed by atoms with E-state index in [1.807, 2.05) is 32.9 Å². The smallest absolute Gasteiger partial charge is 0.336 e. The summed E-state index contributed by atoms with van der Waals surface area (Å²) in [4.78, 5) is 35.6. The van der Waals surface area contributed by atoms with Crippen LogP contribution in [0.15, 0.2) is 30.3 Å². The second-order valence-electron chi connectivity index (χ2n) is 6.09. The Kier molecular flexibility index (Phi) is 5.61. The Morgan fingerprint density at radius 1 is 1.08 bits per heavy atom. The number of carbonyl (C=O) groups excluding carboxylic acids is 2. The van der Waals surface area contributed by atoms with Gasteiger partial charge in [0.25, 0.3) is 5.91 Å². The predicted octanol–water partition coefficient (Wildman–Crippen LogP) is 2.53. The number of aryl methyl sites for hydroxylation is 3. The number of benzene rings is 2. The first-order valence-corrected chi connectivity index (χ1v) is 7.98. The SMILES string of the molecule is Cc1cc(C)c(CNC(=O)NC(=O)c2c(N)cccc2C(=O)O)c(C)c1. The van der Waals surface area contributed by atoms with Gasteiger partial charge in [0.15, 0.2) is 0 Å². The van der Waals surface area contributed by atoms with Gasteiger partial charge in [0.1, 0.15) is 0 Å². The summed E-state index contributed by atoms with van der Waals surface area (Å²) >= 11 is 0. The summed E-state index contributed by atoms with van der Waals surface area (Å²) in [5, 5.41) is 13.9. The molecule has 2 rings (SSSR count). The first kappa shape index (κ1) is 19.0. The molecule has 0 fully saturated rings. The molecule has 0 bridgehead atoms. The van der Waals surface area contributed by atoms with Crippen LogP contribution in [0.25, 0.3) is 0 Å². The number of carbonyl (C=O) groups is 3. The maximum Gasteiger partial charge on any atom is 0.336 e. The fourth-order valence-corrected chi connectivity index (χ4v) is 2.87. The molecule has 2 aromatic rings. The summed E-state index contributed by atoms with van der Waals surface area (Å²) in [6.07, 6.45) is 0. The van der Waals surface area contributed by atoms with Gasteiger partial charge < -0.3 is 16.2 Å². The van der Waals surface area contributed by atoms with Crippen molar-refractivity contribution in [2.45, 2.75) is 27.3 Å². The van der Waals surface area contributed by atoms with Crippen molar-refractivity contribution in [2.75, 3.05) is 5.73 Å². The average molecular weight is 355 g/mol. The highest BCUT2D eigenvalue weighted by Gasteiger charge is 2.21. The Hall–Kier alpha value is -3.35. The van der Waals surface area contributed by atoms with Gasteiger partial charge in [-0.2, -0.15) is 0 Å². The molecule has 0 aliphatic rings. The molecule has 2 aromatic carbocycles. The lowest BCUT2D eigenvalue weighted by Gasteiger charge is -2.13. The van der Waals surface area contributed by atoms with Crippen LogP contribution in [0.4, 0.5) is 10.5 Å². The van der Waals surface area contributed by atoms with Gasteiger partial charge in [-0.3, -0.25) is 10.1 Å². The number of urea groups is 1. The van der Waals surface area contributed by atoms with Crippen LogP contribution in [0.5, 0.6) is 0 Å². The molecule has 7 heteroatoms. The number of hydrogen-bond donors (Lipinski definition) is 4. The lowest BCUT2D eigenvalue weighted by Crippen LogP contribution is -2.40. The number of anilines is 1. The second-order valence-corrected chi connectivity index (χ2v) is 6.09. The highest BCUT2D eigenvalue weighted by Crippen LogP contribution is 2.18. The van der Waals surface area contributed by atoms with Crippen LogP contribution in [0.3, 0.4) is 0 Å². The van der Waals surface area contributed by atoms with Crippen molar-refractivity contribution in [2.24, 2.45) is 0 Å². The molecule has 0 heterocycles. The summed E-state index contributed by atoms with van der Waals surface area (Å²) in [6.45, 7) is 6.13. The van der Waals surface area contributed by atoms with E-state index in [-0.39, 0.29) is 23.4 Å². The lowest BCUT2D eigenvalue weighted by atomic mass is 10.00. The monoisotopic (exact) mass is 355 g/mol. The third-order valence-electron chi connectivity index (χ3n) is 4.05. The Morgan fingerprint density at radius 3 is 2.27 bits per heavy atom. The average Bonchev–Trinajstić information content (AvgIpc) is 2.53. The number of rotatable bonds is 4. The van der Waals surface area contributed by atoms with Crippen molar-refractivity contribution in [3.05, 3.63) is 63.7 Å². The highest BCUT2D eigenvalue weighted by molar-refractivity contribution is 6.12. The van der Waals surface area contributed by atoms with E-state index in [1.54, 1.807) is 0 Å². The number of nitrogens with one attached hydrogen (secondary N) is 2. The molecule has 136 valence electrons. The number of carboxylic acid groups (broad SMARTS) is 1. The van der Waals surface area contributed by atoms with E-state index in [2.05, 4.69) is 10.6 Å². The van der Waals surface area contributed by atoms with E-state index < -0.39 is 17.9 Å². The quantitative estimate of drug-likeness (QED) is 0.628. The fraction of sp³-hybridized carbons (Fsp3) is 0.211. The summed E-state index contributed by atoms with van der Waals surface area (Å²) in [6, 6.07) is 7.38. The second kappa shape index (κ2) is 7.69. The maximum absolute atomic E-state index is 12.3. The summed E-state index contributed by atoms with van der Waals surface area (Å²) in [5.74, 6) is -2.16. The third kappa shape index (κ3) is 4.18. The van der Waals surface area contributed by atoms with Gasteiger partial charge in [-0.1, -0.05) is 23.8 Å². The molecule has 0 radical (unpaired) electrons. The molecule has 0 unspecified atom stereocenters. The van der Waals surface area contributed by atoms with E-state index >= 15 is 0 Å². The molecule has 0 atom stereocenters. The van der Waals surface area contributed by atoms with Crippen LogP contribution in [0, 0.1) is 20.8 Å². The van der Waals surface area contributed by atoms with Crippen LogP contribution < -0.4 is 16.4 Å². The van der Waals surface area contributed by atoms with Gasteiger partial charge in [0.05, 0.1) is 11.1 Å². The summed E-state index contributed by atoms with van der Waals surface area (Å²) < 4.78 is 0. The predicted molar refractivity (Wildman–Crippen MR) is 98.2 cm³/mol. The lowest BCUT2D eigenvalue weighted by molar-refractivity contribution is 0.0691. The van der Waals surface area contributed by atoms with Crippen LogP contribution >= 0.6 is 0 Å². The number of nitrogens with two attached hydrogens (primary N) is 1. The topological polar surface area (TPSA) is 122 Å². The zero-order chi connectivity index (χ0) is 19.4. The van der Waals surface area contributed by atoms with Crippen LogP contribution in [-0.2, 0) is 6.54 Å². The van der Waals surface area contributed by atoms with E-state index in [0.29, 0.717) is 0 Å². The van der Waals surface area contributed by atoms with Gasteiger partial charge in [0, 0.05) is 12.2 Å². The summed E-state index contributed by atoms with van der Waals surface area (Å²) in [5.41, 5.74) is 9.35. The maximum atomic E-state index is 12.3. The Bertz CT molecular complexity index is 867. The fourth-order valence-electron chi connectivity index (χ4n) is 2.87. The van der Waals surface area contributed by atoms with Gasteiger partial charge in [-0.25, -0.2) is 9.59 Å². The number of nitrogen functional groups attached to an aromatic ring is 1. The minimum Gasteiger partial charge on any atom is -0.478 e. The van der Waals surface area contributed by atoms with E-state index in [1.165, 1.54) is 18.2 Å². The minimum atomic E-state index is -1.30. The molecule has 5 N–H and O–H groups in total. The number of hydrogen-bond acceptors (Lipinski definition) is 4. The van der Waals surface area contributed by atoms with Crippen LogP contribution in [0.2, 0.25) is 0 Å². The highest BCUT2D eigenvalue weighted by atomic mass is 16.4. The number of amides is 3. The molecule has 0 aliphatic carbocycles. The Morgan fingerprint density at radius 2 is 1.69 bits per heavy atom. The number of imide groups is 1. The standard InChI is InChI=1S/C19H21N3O4/c1-10-7-11(2)14(12(3)8-10)9-21-19(26)22-17(23)16-13(18(24)25)5-4-6-15(16)20/h4-8H,9,20H2,1-3H3,(H,24,25)(H2,21,22,23,26). The largest absolute Gasteiger partial charge is 0.478 e. The van der Waals surface area contributed by atoms with Gasteiger partial charge in [-0.05, 0) is 49.6 Å². The molecule has 7 nitrogen and oxygen atoms in total. The van der Waals surface area contributed by atoms with E-state index in [9.17, 15) is 19.5 Å². The van der Waals surface area contributed by atoms with Crippen LogP contribution in [-0.4, -0.2) is 23.0 Å². The molecule has 3 amide bonds. The van der Waals surface area contributed by atoms with Crippen molar-refractivity contribution >= 4 is 23.6 Å². The van der Waals surface area contributed by atoms with Crippen molar-refractivity contribution in [1.82, 2.24) is 10.6 Å². The zero-order valence-electron chi connectivity index (χ0n) is 14.8. The van der Waals surface area contributed by atoms with Crippen LogP contribution in [0.1, 0.15) is 43.0 Å². The van der Waals surface area contributed by atoms with Crippen molar-refractivity contribution in [3.8, 4) is 0 Å². The third-order valence-corrected chi connectivity index (χ3v) is 4.05. The van der Waals surface area contributed by atoms with Crippen molar-refractivity contribution in [1.29, 1.82) is 0 Å². The molecule has 0 spiro atoms. The molecule has 0 saturated heterocycles. The molecule has 0 saturated carbocycles. The van der Waals surface area contributed by atoms with Crippen molar-refractivity contribution in [3.63, 3.8) is 0 Å². The molecule has 0 aliphatic heterocycles. The molecule has 26 heavy (non-hydrogen) atoms. The Labute approximate surface area is 151 Å². The van der Waals surface area contributed by atoms with Gasteiger partial charge in [0.2, 0.25) is 0 Å². The first-order valence-electron chi connectivity index (χ1n) is 7.98. The molecular formula is C19H21N3O4. The summed E-state index contributed by atoms with van der Waals surface area (Å²) in [7, 11) is 0. The zero-order valence-corrected chi connectivity index (χ0v) is 14.8. The number of carboxylic acids is 1. The minimum absolute atomic E-state index is 0.0135. The van der Waals surface area contributed by atoms with Crippen molar-refractivity contribution < 1.29 is 19.5 Å². The van der Waals surface area contributed by atoms with Gasteiger partial charge >= 0.3 is 12.0 Å². The first-order chi connectivity index (χ1) is 12.2. The Balaban J connectivity index is 2.10. The normalized spacial score (nSPS) is 10.3.